The van der Waals surface area contributed by atoms with E-state index in [-0.39, 0.29) is 24.0 Å². The third-order valence-corrected chi connectivity index (χ3v) is 8.63. The minimum absolute atomic E-state index is 0.0308. The normalized spacial score (nSPS) is 23.5. The molecule has 31 heavy (non-hydrogen) atoms. The molecule has 1 N–H and O–H groups in total. The first-order chi connectivity index (χ1) is 15.0. The number of likely N-dealkylation sites (tertiary alicyclic amines) is 1. The minimum atomic E-state index is -3.36. The Balaban J connectivity index is 1.37. The summed E-state index contributed by atoms with van der Waals surface area (Å²) in [7, 11) is -3.36. The van der Waals surface area contributed by atoms with Crippen molar-refractivity contribution in [3.8, 4) is 0 Å². The lowest BCUT2D eigenvalue weighted by Gasteiger charge is -2.35. The van der Waals surface area contributed by atoms with E-state index < -0.39 is 10.0 Å². The second kappa shape index (κ2) is 8.64. The third-order valence-electron chi connectivity index (χ3n) is 7.13. The lowest BCUT2D eigenvalue weighted by molar-refractivity contribution is 0.145. The highest BCUT2D eigenvalue weighted by atomic mass is 32.2. The number of nitrogens with one attached hydrogen (secondary N) is 1. The van der Waals surface area contributed by atoms with Crippen LogP contribution in [0.3, 0.4) is 0 Å². The Hall–Kier alpha value is -1.76. The van der Waals surface area contributed by atoms with E-state index >= 15 is 0 Å². The topological polar surface area (TPSA) is 49.4 Å². The predicted octanol–water partition coefficient (Wildman–Crippen LogP) is 3.86. The monoisotopic (exact) mass is 442 g/mol. The molecule has 2 aliphatic carbocycles. The average Bonchev–Trinajstić information content (AvgIpc) is 3.45. The van der Waals surface area contributed by atoms with Gasteiger partial charge in [0, 0.05) is 18.7 Å². The molecule has 6 heteroatoms. The summed E-state index contributed by atoms with van der Waals surface area (Å²) >= 11 is 0. The van der Waals surface area contributed by atoms with Crippen LogP contribution in [-0.4, -0.2) is 38.7 Å². The Morgan fingerprint density at radius 3 is 2.55 bits per heavy atom. The quantitative estimate of drug-likeness (QED) is 0.642. The van der Waals surface area contributed by atoms with Gasteiger partial charge in [0.25, 0.3) is 0 Å². The van der Waals surface area contributed by atoms with Crippen LogP contribution in [0.15, 0.2) is 42.5 Å². The molecule has 2 unspecified atom stereocenters. The van der Waals surface area contributed by atoms with Gasteiger partial charge in [-0.15, -0.1) is 0 Å². The zero-order valence-electron chi connectivity index (χ0n) is 17.9. The summed E-state index contributed by atoms with van der Waals surface area (Å²) in [4.78, 5) is 2.50. The van der Waals surface area contributed by atoms with E-state index in [0.717, 1.165) is 50.9 Å². The summed E-state index contributed by atoms with van der Waals surface area (Å²) < 4.78 is 42.1. The van der Waals surface area contributed by atoms with Gasteiger partial charge in [-0.05, 0) is 85.7 Å². The molecule has 0 bridgehead atoms. The van der Waals surface area contributed by atoms with Crippen molar-refractivity contribution < 1.29 is 12.8 Å². The summed E-state index contributed by atoms with van der Waals surface area (Å²) in [5.74, 6) is 0.946. The molecule has 1 aliphatic heterocycles. The number of sulfonamides is 1. The molecule has 1 saturated carbocycles. The van der Waals surface area contributed by atoms with Gasteiger partial charge in [0.15, 0.2) is 0 Å². The third kappa shape index (κ3) is 5.02. The van der Waals surface area contributed by atoms with Gasteiger partial charge >= 0.3 is 0 Å². The lowest BCUT2D eigenvalue weighted by atomic mass is 9.85. The summed E-state index contributed by atoms with van der Waals surface area (Å²) in [6.45, 7) is 3.40. The highest BCUT2D eigenvalue weighted by molar-refractivity contribution is 7.89. The van der Waals surface area contributed by atoms with E-state index in [1.54, 1.807) is 6.07 Å². The van der Waals surface area contributed by atoms with Gasteiger partial charge in [-0.25, -0.2) is 17.5 Å². The smallest absolute Gasteiger partial charge is 0.212 e. The molecule has 0 radical (unpaired) electrons. The molecule has 4 nitrogen and oxygen atoms in total. The van der Waals surface area contributed by atoms with E-state index in [0.29, 0.717) is 17.4 Å². The second-order valence-electron chi connectivity index (χ2n) is 9.60. The van der Waals surface area contributed by atoms with Crippen molar-refractivity contribution in [3.63, 3.8) is 0 Å². The molecular formula is C25H31FN2O2S. The van der Waals surface area contributed by atoms with E-state index in [1.807, 2.05) is 12.1 Å². The van der Waals surface area contributed by atoms with Crippen LogP contribution in [0.4, 0.5) is 4.39 Å². The van der Waals surface area contributed by atoms with Gasteiger partial charge in [0.05, 0.1) is 5.75 Å². The molecule has 3 aliphatic rings. The Morgan fingerprint density at radius 1 is 1.10 bits per heavy atom. The number of benzene rings is 2. The van der Waals surface area contributed by atoms with Crippen LogP contribution in [0.25, 0.3) is 0 Å². The first-order valence-corrected chi connectivity index (χ1v) is 13.2. The fourth-order valence-corrected chi connectivity index (χ4v) is 6.54. The van der Waals surface area contributed by atoms with E-state index in [2.05, 4.69) is 33.9 Å². The Kier molecular flexibility index (Phi) is 5.88. The van der Waals surface area contributed by atoms with Crippen LogP contribution in [0.1, 0.15) is 47.4 Å². The SMILES string of the molecule is O=S(=O)(CC1CC1)NCc1cc2c(cc1F)CC(CN1CCC1)C2Cc1ccccc1. The zero-order valence-corrected chi connectivity index (χ0v) is 18.7. The summed E-state index contributed by atoms with van der Waals surface area (Å²) in [6, 6.07) is 14.1. The lowest BCUT2D eigenvalue weighted by Crippen LogP contribution is -2.41. The van der Waals surface area contributed by atoms with Crippen molar-refractivity contribution in [1.29, 1.82) is 0 Å². The van der Waals surface area contributed by atoms with Gasteiger partial charge < -0.3 is 4.90 Å². The van der Waals surface area contributed by atoms with E-state index in [9.17, 15) is 12.8 Å². The molecule has 0 aromatic heterocycles. The van der Waals surface area contributed by atoms with Gasteiger partial charge in [0.1, 0.15) is 5.82 Å². The minimum Gasteiger partial charge on any atom is -0.303 e. The molecular weight excluding hydrogens is 411 g/mol. The van der Waals surface area contributed by atoms with Crippen LogP contribution >= 0.6 is 0 Å². The molecule has 1 heterocycles. The summed E-state index contributed by atoms with van der Waals surface area (Å²) in [6.07, 6.45) is 5.06. The zero-order chi connectivity index (χ0) is 21.4. The van der Waals surface area contributed by atoms with E-state index in [1.165, 1.54) is 17.5 Å². The highest BCUT2D eigenvalue weighted by Gasteiger charge is 2.35. The van der Waals surface area contributed by atoms with Crippen LogP contribution in [0.5, 0.6) is 0 Å². The van der Waals surface area contributed by atoms with Crippen LogP contribution in [0, 0.1) is 17.7 Å². The number of hydrogen-bond donors (Lipinski definition) is 1. The molecule has 2 aromatic carbocycles. The second-order valence-corrected chi connectivity index (χ2v) is 11.5. The molecule has 2 atom stereocenters. The standard InChI is InChI=1S/C25H31FN2O2S/c26-25-14-20-12-22(16-28-9-4-10-28)23(11-18-5-2-1-3-6-18)24(20)13-21(25)15-27-31(29,30)17-19-7-8-19/h1-3,5-6,13-14,19,22-23,27H,4,7-12,15-17H2. The Bertz CT molecular complexity index is 1030. The molecule has 5 rings (SSSR count). The van der Waals surface area contributed by atoms with Crippen LogP contribution < -0.4 is 4.72 Å². The first kappa shape index (κ1) is 21.1. The van der Waals surface area contributed by atoms with Crippen LogP contribution in [-0.2, 0) is 29.4 Å². The average molecular weight is 443 g/mol. The molecule has 2 aromatic rings. The van der Waals surface area contributed by atoms with Crippen molar-refractivity contribution in [2.45, 2.75) is 44.6 Å². The Morgan fingerprint density at radius 2 is 1.87 bits per heavy atom. The van der Waals surface area contributed by atoms with E-state index in [4.69, 9.17) is 0 Å². The van der Waals surface area contributed by atoms with Crippen molar-refractivity contribution >= 4 is 10.0 Å². The predicted molar refractivity (Wildman–Crippen MR) is 121 cm³/mol. The fourth-order valence-electron chi connectivity index (χ4n) is 5.09. The Labute approximate surface area is 184 Å². The van der Waals surface area contributed by atoms with Crippen molar-refractivity contribution in [2.75, 3.05) is 25.4 Å². The number of fused-ring (bicyclic) bond motifs is 1. The maximum atomic E-state index is 14.9. The maximum Gasteiger partial charge on any atom is 0.212 e. The molecule has 166 valence electrons. The number of halogens is 1. The largest absolute Gasteiger partial charge is 0.303 e. The number of rotatable bonds is 9. The maximum absolute atomic E-state index is 14.9. The van der Waals surface area contributed by atoms with Crippen LogP contribution in [0.2, 0.25) is 0 Å². The summed E-state index contributed by atoms with van der Waals surface area (Å²) in [5, 5.41) is 0. The number of hydrogen-bond acceptors (Lipinski definition) is 3. The first-order valence-electron chi connectivity index (χ1n) is 11.5. The van der Waals surface area contributed by atoms with Crippen molar-refractivity contribution in [3.05, 3.63) is 70.5 Å². The molecule has 0 amide bonds. The van der Waals surface area contributed by atoms with Crippen molar-refractivity contribution in [1.82, 2.24) is 9.62 Å². The number of nitrogens with zero attached hydrogens (tertiary/aromatic N) is 1. The molecule has 2 fully saturated rings. The van der Waals surface area contributed by atoms with Gasteiger partial charge in [-0.2, -0.15) is 0 Å². The summed E-state index contributed by atoms with van der Waals surface area (Å²) in [5.41, 5.74) is 4.05. The fraction of sp³-hybridized carbons (Fsp3) is 0.520. The molecule has 1 saturated heterocycles. The van der Waals surface area contributed by atoms with Gasteiger partial charge in [0.2, 0.25) is 10.0 Å². The van der Waals surface area contributed by atoms with Crippen molar-refractivity contribution in [2.24, 2.45) is 11.8 Å². The van der Waals surface area contributed by atoms with Gasteiger partial charge in [-0.3, -0.25) is 0 Å². The highest BCUT2D eigenvalue weighted by Crippen LogP contribution is 2.42. The van der Waals surface area contributed by atoms with Gasteiger partial charge in [-0.1, -0.05) is 36.4 Å². The molecule has 0 spiro atoms.